The van der Waals surface area contributed by atoms with E-state index in [1.54, 1.807) is 18.2 Å². The first kappa shape index (κ1) is 10.8. The molecule has 0 aliphatic heterocycles. The zero-order valence-electron chi connectivity index (χ0n) is 6.81. The molecule has 5 nitrogen and oxygen atoms in total. The molecule has 0 radical (unpaired) electrons. The molecule has 7 heteroatoms. The van der Waals surface area contributed by atoms with Crippen molar-refractivity contribution in [2.45, 2.75) is 0 Å². The maximum absolute atomic E-state index is 10.8. The fraction of sp³-hybridized carbons (Fsp3) is 0. The molecule has 0 spiro atoms. The number of amides is 1. The Morgan fingerprint density at radius 3 is 2.36 bits per heavy atom. The van der Waals surface area contributed by atoms with Crippen molar-refractivity contribution in [3.8, 4) is 5.75 Å². The monoisotopic (exact) mass is 235 g/mol. The van der Waals surface area contributed by atoms with Gasteiger partial charge in [0.1, 0.15) is 5.75 Å². The summed E-state index contributed by atoms with van der Waals surface area (Å²) in [4.78, 5) is 10.8. The van der Waals surface area contributed by atoms with Crippen LogP contribution in [-0.2, 0) is 9.24 Å². The van der Waals surface area contributed by atoms with E-state index >= 15 is 0 Å². The van der Waals surface area contributed by atoms with Gasteiger partial charge in [0.05, 0.1) is 0 Å². The van der Waals surface area contributed by atoms with Crippen LogP contribution in [0.3, 0.4) is 0 Å². The summed E-state index contributed by atoms with van der Waals surface area (Å²) in [5.74, 6) is 0.227. The molecule has 0 saturated heterocycles. The van der Waals surface area contributed by atoms with Crippen LogP contribution in [0.15, 0.2) is 30.3 Å². The Morgan fingerprint density at radius 1 is 1.29 bits per heavy atom. The molecule has 1 N–H and O–H groups in total. The number of ether oxygens (including phenoxy) is 1. The average molecular weight is 236 g/mol. The summed E-state index contributed by atoms with van der Waals surface area (Å²) in [6.45, 7) is 0. The third-order valence-corrected chi connectivity index (χ3v) is 1.80. The molecule has 1 aromatic rings. The molecule has 14 heavy (non-hydrogen) atoms. The maximum Gasteiger partial charge on any atom is 0.427 e. The first-order chi connectivity index (χ1) is 6.47. The lowest BCUT2D eigenvalue weighted by Gasteiger charge is -2.02. The molecule has 1 amide bonds. The molecular weight excluding hydrogens is 230 g/mol. The summed E-state index contributed by atoms with van der Waals surface area (Å²) in [7, 11) is 0.659. The molecule has 0 unspecified atom stereocenters. The predicted octanol–water partition coefficient (Wildman–Crippen LogP) is 1.26. The van der Waals surface area contributed by atoms with Gasteiger partial charge in [-0.3, -0.25) is 0 Å². The van der Waals surface area contributed by atoms with Gasteiger partial charge >= 0.3 is 15.3 Å². The number of para-hydroxylation sites is 1. The molecular formula is C7H6ClNO4S. The zero-order chi connectivity index (χ0) is 10.6. The van der Waals surface area contributed by atoms with E-state index in [-0.39, 0.29) is 5.75 Å². The fourth-order valence-corrected chi connectivity index (χ4v) is 1.15. The average Bonchev–Trinajstić information content (AvgIpc) is 2.02. The molecule has 0 aliphatic rings. The molecule has 0 bridgehead atoms. The van der Waals surface area contributed by atoms with Gasteiger partial charge in [-0.25, -0.2) is 9.52 Å². The van der Waals surface area contributed by atoms with Gasteiger partial charge in [0, 0.05) is 10.7 Å². The van der Waals surface area contributed by atoms with Gasteiger partial charge in [-0.15, -0.1) is 0 Å². The van der Waals surface area contributed by atoms with Crippen LogP contribution < -0.4 is 9.46 Å². The lowest BCUT2D eigenvalue weighted by molar-refractivity contribution is 0.207. The molecule has 1 aromatic carbocycles. The summed E-state index contributed by atoms with van der Waals surface area (Å²) in [5, 5.41) is 0. The summed E-state index contributed by atoms with van der Waals surface area (Å²) >= 11 is 0. The Kier molecular flexibility index (Phi) is 3.32. The lowest BCUT2D eigenvalue weighted by Crippen LogP contribution is -2.29. The second-order valence-corrected chi connectivity index (χ2v) is 4.54. The maximum atomic E-state index is 10.8. The zero-order valence-corrected chi connectivity index (χ0v) is 8.38. The number of hydrogen-bond acceptors (Lipinski definition) is 4. The lowest BCUT2D eigenvalue weighted by atomic mass is 10.3. The first-order valence-corrected chi connectivity index (χ1v) is 5.77. The SMILES string of the molecule is O=C(NS(=O)(=O)Cl)Oc1ccccc1. The van der Waals surface area contributed by atoms with E-state index in [4.69, 9.17) is 10.7 Å². The minimum absolute atomic E-state index is 0.227. The Bertz CT molecular complexity index is 417. The van der Waals surface area contributed by atoms with Crippen molar-refractivity contribution in [2.24, 2.45) is 0 Å². The van der Waals surface area contributed by atoms with Crippen molar-refractivity contribution in [3.63, 3.8) is 0 Å². The van der Waals surface area contributed by atoms with Crippen molar-refractivity contribution < 1.29 is 17.9 Å². The normalized spacial score (nSPS) is 10.6. The first-order valence-electron chi connectivity index (χ1n) is 3.46. The molecule has 76 valence electrons. The molecule has 0 heterocycles. The molecule has 0 atom stereocenters. The van der Waals surface area contributed by atoms with Gasteiger partial charge in [0.15, 0.2) is 0 Å². The van der Waals surface area contributed by atoms with Crippen molar-refractivity contribution >= 4 is 26.0 Å². The number of benzene rings is 1. The summed E-state index contributed by atoms with van der Waals surface area (Å²) in [5.41, 5.74) is 0. The van der Waals surface area contributed by atoms with Gasteiger partial charge in [-0.2, -0.15) is 8.42 Å². The van der Waals surface area contributed by atoms with Gasteiger partial charge in [-0.1, -0.05) is 18.2 Å². The van der Waals surface area contributed by atoms with Crippen LogP contribution in [0.25, 0.3) is 0 Å². The molecule has 0 aliphatic carbocycles. The van der Waals surface area contributed by atoms with Crippen molar-refractivity contribution in [3.05, 3.63) is 30.3 Å². The van der Waals surface area contributed by atoms with Crippen LogP contribution in [0.2, 0.25) is 0 Å². The number of nitrogens with one attached hydrogen (secondary N) is 1. The van der Waals surface area contributed by atoms with E-state index in [1.807, 2.05) is 0 Å². The van der Waals surface area contributed by atoms with Crippen LogP contribution in [0.4, 0.5) is 4.79 Å². The van der Waals surface area contributed by atoms with Crippen LogP contribution in [-0.4, -0.2) is 14.5 Å². The Hall–Kier alpha value is -1.27. The second-order valence-electron chi connectivity index (χ2n) is 2.24. The third-order valence-electron chi connectivity index (χ3n) is 1.16. The van der Waals surface area contributed by atoms with Crippen molar-refractivity contribution in [2.75, 3.05) is 0 Å². The molecule has 0 saturated carbocycles. The minimum Gasteiger partial charge on any atom is -0.410 e. The highest BCUT2D eigenvalue weighted by Gasteiger charge is 2.11. The molecule has 0 aromatic heterocycles. The Labute approximate surface area is 85.2 Å². The van der Waals surface area contributed by atoms with E-state index < -0.39 is 15.3 Å². The van der Waals surface area contributed by atoms with E-state index in [9.17, 15) is 13.2 Å². The highest BCUT2D eigenvalue weighted by atomic mass is 35.7. The topological polar surface area (TPSA) is 72.5 Å². The number of carbonyl (C=O) groups is 1. The van der Waals surface area contributed by atoms with Gasteiger partial charge in [0.2, 0.25) is 0 Å². The summed E-state index contributed by atoms with van der Waals surface area (Å²) < 4.78 is 26.8. The summed E-state index contributed by atoms with van der Waals surface area (Å²) in [6.07, 6.45) is -1.15. The van der Waals surface area contributed by atoms with E-state index in [2.05, 4.69) is 4.74 Å². The van der Waals surface area contributed by atoms with E-state index in [1.165, 1.54) is 16.9 Å². The number of hydrogen-bond donors (Lipinski definition) is 1. The quantitative estimate of drug-likeness (QED) is 0.784. The van der Waals surface area contributed by atoms with Gasteiger partial charge in [0.25, 0.3) is 0 Å². The minimum atomic E-state index is -4.10. The van der Waals surface area contributed by atoms with Crippen LogP contribution in [0.5, 0.6) is 5.75 Å². The van der Waals surface area contributed by atoms with Gasteiger partial charge in [-0.05, 0) is 12.1 Å². The highest BCUT2D eigenvalue weighted by molar-refractivity contribution is 8.12. The molecule has 0 fully saturated rings. The Balaban J connectivity index is 2.59. The number of rotatable bonds is 2. The largest absolute Gasteiger partial charge is 0.427 e. The standard InChI is InChI=1S/C7H6ClNO4S/c8-14(11,12)9-7(10)13-6-4-2-1-3-5-6/h1-5H,(H,9,10). The van der Waals surface area contributed by atoms with Crippen LogP contribution >= 0.6 is 10.7 Å². The van der Waals surface area contributed by atoms with Crippen LogP contribution in [0, 0.1) is 0 Å². The van der Waals surface area contributed by atoms with Crippen molar-refractivity contribution in [1.82, 2.24) is 4.72 Å². The molecule has 1 rings (SSSR count). The smallest absolute Gasteiger partial charge is 0.410 e. The Morgan fingerprint density at radius 2 is 1.86 bits per heavy atom. The van der Waals surface area contributed by atoms with Crippen LogP contribution in [0.1, 0.15) is 0 Å². The fourth-order valence-electron chi connectivity index (χ4n) is 0.716. The van der Waals surface area contributed by atoms with Gasteiger partial charge < -0.3 is 4.74 Å². The van der Waals surface area contributed by atoms with E-state index in [0.29, 0.717) is 0 Å². The number of halogens is 1. The highest BCUT2D eigenvalue weighted by Crippen LogP contribution is 2.08. The third kappa shape index (κ3) is 4.11. The second kappa shape index (κ2) is 4.30. The van der Waals surface area contributed by atoms with Crippen molar-refractivity contribution in [1.29, 1.82) is 0 Å². The number of carbonyl (C=O) groups excluding carboxylic acids is 1. The van der Waals surface area contributed by atoms with E-state index in [0.717, 1.165) is 0 Å². The predicted molar refractivity (Wildman–Crippen MR) is 50.4 cm³/mol. The summed E-state index contributed by atoms with van der Waals surface area (Å²) in [6, 6.07) is 8.00.